The first kappa shape index (κ1) is 17.1. The Balaban J connectivity index is 2.19. The second-order valence-corrected chi connectivity index (χ2v) is 6.16. The minimum atomic E-state index is -4.51. The van der Waals surface area contributed by atoms with Crippen LogP contribution in [0.5, 0.6) is 0 Å². The topological polar surface area (TPSA) is 60.1 Å². The minimum absolute atomic E-state index is 0.170. The maximum atomic E-state index is 13.2. The molecule has 0 amide bonds. The maximum absolute atomic E-state index is 13.2. The lowest BCUT2D eigenvalue weighted by atomic mass is 10.1. The SMILES string of the molecule is CNc1nc(=O)n(-c2cccc(C)c2)c2c1oc1ccc(C(F)(F)F)cc12. The van der Waals surface area contributed by atoms with Crippen LogP contribution in [0.15, 0.2) is 51.7 Å². The van der Waals surface area contributed by atoms with Gasteiger partial charge in [0.05, 0.1) is 11.3 Å². The number of fused-ring (bicyclic) bond motifs is 3. The van der Waals surface area contributed by atoms with Crippen LogP contribution < -0.4 is 11.0 Å². The zero-order valence-corrected chi connectivity index (χ0v) is 14.4. The molecule has 0 aliphatic carbocycles. The summed E-state index contributed by atoms with van der Waals surface area (Å²) >= 11 is 0. The number of hydrogen-bond donors (Lipinski definition) is 1. The number of furan rings is 1. The molecular formula is C19H14F3N3O2. The van der Waals surface area contributed by atoms with E-state index in [1.54, 1.807) is 25.2 Å². The summed E-state index contributed by atoms with van der Waals surface area (Å²) in [4.78, 5) is 16.7. The number of aromatic nitrogens is 2. The summed E-state index contributed by atoms with van der Waals surface area (Å²) in [6, 6.07) is 10.3. The van der Waals surface area contributed by atoms with Crippen molar-refractivity contribution in [2.75, 3.05) is 12.4 Å². The molecule has 2 heterocycles. The molecule has 138 valence electrons. The van der Waals surface area contributed by atoms with Crippen LogP contribution in [-0.2, 0) is 6.18 Å². The molecule has 0 saturated carbocycles. The Kier molecular flexibility index (Phi) is 3.73. The predicted molar refractivity (Wildman–Crippen MR) is 96.4 cm³/mol. The van der Waals surface area contributed by atoms with Gasteiger partial charge in [0, 0.05) is 12.4 Å². The Bertz CT molecular complexity index is 1240. The van der Waals surface area contributed by atoms with Crippen molar-refractivity contribution in [3.63, 3.8) is 0 Å². The highest BCUT2D eigenvalue weighted by molar-refractivity contribution is 6.06. The Labute approximate surface area is 151 Å². The van der Waals surface area contributed by atoms with Crippen molar-refractivity contribution in [2.24, 2.45) is 0 Å². The molecule has 0 aliphatic rings. The lowest BCUT2D eigenvalue weighted by molar-refractivity contribution is -0.137. The molecule has 5 nitrogen and oxygen atoms in total. The molecule has 0 bridgehead atoms. The molecular weight excluding hydrogens is 359 g/mol. The van der Waals surface area contributed by atoms with E-state index in [-0.39, 0.29) is 27.9 Å². The van der Waals surface area contributed by atoms with Gasteiger partial charge in [-0.05, 0) is 42.8 Å². The van der Waals surface area contributed by atoms with Gasteiger partial charge in [0.1, 0.15) is 11.1 Å². The molecule has 1 N–H and O–H groups in total. The van der Waals surface area contributed by atoms with E-state index in [0.717, 1.165) is 17.7 Å². The van der Waals surface area contributed by atoms with Crippen LogP contribution in [0, 0.1) is 6.92 Å². The van der Waals surface area contributed by atoms with E-state index in [0.29, 0.717) is 5.69 Å². The van der Waals surface area contributed by atoms with E-state index in [9.17, 15) is 18.0 Å². The molecule has 27 heavy (non-hydrogen) atoms. The number of anilines is 1. The standard InChI is InChI=1S/C19H14F3N3O2/c1-10-4-3-5-12(8-10)25-15-13-9-11(19(20,21)22)6-7-14(13)27-16(15)17(23-2)24-18(25)26/h3-9H,1-2H3,(H,23,24,26). The summed E-state index contributed by atoms with van der Waals surface area (Å²) in [5.41, 5.74) is 0.665. The van der Waals surface area contributed by atoms with E-state index in [4.69, 9.17) is 4.42 Å². The molecule has 0 aliphatic heterocycles. The summed E-state index contributed by atoms with van der Waals surface area (Å²) in [7, 11) is 1.56. The number of aryl methyl sites for hydroxylation is 1. The van der Waals surface area contributed by atoms with Crippen molar-refractivity contribution in [2.45, 2.75) is 13.1 Å². The highest BCUT2D eigenvalue weighted by Crippen LogP contribution is 2.37. The van der Waals surface area contributed by atoms with Crippen molar-refractivity contribution in [1.29, 1.82) is 0 Å². The van der Waals surface area contributed by atoms with Gasteiger partial charge >= 0.3 is 11.9 Å². The normalized spacial score (nSPS) is 12.0. The number of halogens is 3. The fourth-order valence-electron chi connectivity index (χ4n) is 3.11. The van der Waals surface area contributed by atoms with Gasteiger partial charge in [0.15, 0.2) is 11.4 Å². The number of alkyl halides is 3. The summed E-state index contributed by atoms with van der Waals surface area (Å²) < 4.78 is 46.6. The van der Waals surface area contributed by atoms with Crippen LogP contribution >= 0.6 is 0 Å². The van der Waals surface area contributed by atoms with Gasteiger partial charge in [-0.3, -0.25) is 4.57 Å². The average molecular weight is 373 g/mol. The molecule has 0 spiro atoms. The van der Waals surface area contributed by atoms with Crippen molar-refractivity contribution in [3.05, 3.63) is 64.1 Å². The lowest BCUT2D eigenvalue weighted by Gasteiger charge is -2.10. The molecule has 2 aromatic heterocycles. The fourth-order valence-corrected chi connectivity index (χ4v) is 3.11. The summed E-state index contributed by atoms with van der Waals surface area (Å²) in [6.07, 6.45) is -4.51. The Hall–Kier alpha value is -3.29. The molecule has 0 unspecified atom stereocenters. The number of benzene rings is 2. The quantitative estimate of drug-likeness (QED) is 0.562. The van der Waals surface area contributed by atoms with E-state index in [1.165, 1.54) is 10.6 Å². The summed E-state index contributed by atoms with van der Waals surface area (Å²) in [5, 5.41) is 2.96. The van der Waals surface area contributed by atoms with Crippen molar-refractivity contribution >= 4 is 27.9 Å². The monoisotopic (exact) mass is 373 g/mol. The first-order chi connectivity index (χ1) is 12.8. The van der Waals surface area contributed by atoms with Crippen LogP contribution in [0.4, 0.5) is 19.0 Å². The molecule has 4 aromatic rings. The number of rotatable bonds is 2. The molecule has 0 saturated heterocycles. The maximum Gasteiger partial charge on any atom is 0.416 e. The minimum Gasteiger partial charge on any atom is -0.451 e. The molecule has 2 aromatic carbocycles. The number of nitrogens with zero attached hydrogens (tertiary/aromatic N) is 2. The summed E-state index contributed by atoms with van der Waals surface area (Å²) in [5.74, 6) is 0.170. The second-order valence-electron chi connectivity index (χ2n) is 6.16. The fraction of sp³-hybridized carbons (Fsp3) is 0.158. The van der Waals surface area contributed by atoms with Gasteiger partial charge in [0.25, 0.3) is 0 Å². The molecule has 4 rings (SSSR count). The van der Waals surface area contributed by atoms with Crippen LogP contribution in [0.2, 0.25) is 0 Å². The van der Waals surface area contributed by atoms with Crippen LogP contribution in [-0.4, -0.2) is 16.6 Å². The van der Waals surface area contributed by atoms with Crippen molar-refractivity contribution < 1.29 is 17.6 Å². The molecule has 0 atom stereocenters. The van der Waals surface area contributed by atoms with Crippen LogP contribution in [0.1, 0.15) is 11.1 Å². The number of nitrogens with one attached hydrogen (secondary N) is 1. The summed E-state index contributed by atoms with van der Waals surface area (Å²) in [6.45, 7) is 1.86. The Morgan fingerprint density at radius 2 is 1.93 bits per heavy atom. The largest absolute Gasteiger partial charge is 0.451 e. The highest BCUT2D eigenvalue weighted by atomic mass is 19.4. The second kappa shape index (κ2) is 5.87. The molecule has 0 radical (unpaired) electrons. The zero-order valence-electron chi connectivity index (χ0n) is 14.4. The first-order valence-electron chi connectivity index (χ1n) is 8.11. The third-order valence-electron chi connectivity index (χ3n) is 4.32. The van der Waals surface area contributed by atoms with Crippen LogP contribution in [0.25, 0.3) is 27.8 Å². The third-order valence-corrected chi connectivity index (χ3v) is 4.32. The van der Waals surface area contributed by atoms with E-state index in [2.05, 4.69) is 10.3 Å². The Morgan fingerprint density at radius 1 is 1.15 bits per heavy atom. The third kappa shape index (κ3) is 2.73. The van der Waals surface area contributed by atoms with Gasteiger partial charge in [-0.1, -0.05) is 12.1 Å². The first-order valence-corrected chi connectivity index (χ1v) is 8.11. The zero-order chi connectivity index (χ0) is 19.3. The lowest BCUT2D eigenvalue weighted by Crippen LogP contribution is -2.22. The van der Waals surface area contributed by atoms with Gasteiger partial charge in [-0.25, -0.2) is 4.79 Å². The van der Waals surface area contributed by atoms with E-state index < -0.39 is 17.4 Å². The predicted octanol–water partition coefficient (Wildman–Crippen LogP) is 4.50. The van der Waals surface area contributed by atoms with Gasteiger partial charge < -0.3 is 9.73 Å². The molecule has 8 heteroatoms. The average Bonchev–Trinajstić information content (AvgIpc) is 2.99. The van der Waals surface area contributed by atoms with Gasteiger partial charge in [-0.15, -0.1) is 0 Å². The smallest absolute Gasteiger partial charge is 0.416 e. The van der Waals surface area contributed by atoms with Gasteiger partial charge in [0.2, 0.25) is 0 Å². The van der Waals surface area contributed by atoms with Crippen molar-refractivity contribution in [3.8, 4) is 5.69 Å². The van der Waals surface area contributed by atoms with E-state index in [1.807, 2.05) is 13.0 Å². The van der Waals surface area contributed by atoms with E-state index >= 15 is 0 Å². The number of hydrogen-bond acceptors (Lipinski definition) is 4. The Morgan fingerprint density at radius 3 is 2.59 bits per heavy atom. The van der Waals surface area contributed by atoms with Gasteiger partial charge in [-0.2, -0.15) is 18.2 Å². The molecule has 0 fully saturated rings. The van der Waals surface area contributed by atoms with Crippen molar-refractivity contribution in [1.82, 2.24) is 9.55 Å². The van der Waals surface area contributed by atoms with Crippen LogP contribution in [0.3, 0.4) is 0 Å². The highest BCUT2D eigenvalue weighted by Gasteiger charge is 2.31.